The normalized spacial score (nSPS) is 14.6. The fourth-order valence-corrected chi connectivity index (χ4v) is 4.49. The molecule has 0 aliphatic heterocycles. The van der Waals surface area contributed by atoms with Crippen LogP contribution in [0.3, 0.4) is 0 Å². The van der Waals surface area contributed by atoms with Crippen molar-refractivity contribution in [2.75, 3.05) is 5.32 Å². The van der Waals surface area contributed by atoms with Crippen molar-refractivity contribution in [3.63, 3.8) is 0 Å². The van der Waals surface area contributed by atoms with Gasteiger partial charge < -0.3 is 25.9 Å². The molecule has 11 heteroatoms. The third-order valence-electron chi connectivity index (χ3n) is 6.17. The van der Waals surface area contributed by atoms with Crippen molar-refractivity contribution < 1.29 is 29.1 Å². The molecule has 0 bridgehead atoms. The second-order valence-corrected chi connectivity index (χ2v) is 9.82. The summed E-state index contributed by atoms with van der Waals surface area (Å²) in [5.74, 6) is -2.84. The molecule has 4 N–H and O–H groups in total. The fraction of sp³-hybridized carbons (Fsp3) is 0.346. The first-order chi connectivity index (χ1) is 17.5. The van der Waals surface area contributed by atoms with Gasteiger partial charge in [-0.15, -0.1) is 0 Å². The lowest BCUT2D eigenvalue weighted by Gasteiger charge is -2.41. The Morgan fingerprint density at radius 1 is 0.973 bits per heavy atom. The monoisotopic (exact) mass is 547 g/mol. The van der Waals surface area contributed by atoms with Gasteiger partial charge in [-0.1, -0.05) is 41.4 Å². The van der Waals surface area contributed by atoms with Crippen LogP contribution in [-0.2, 0) is 25.6 Å². The molecular formula is C26H27Cl2N3O6. The molecule has 0 saturated heterocycles. The highest BCUT2D eigenvalue weighted by molar-refractivity contribution is 6.40. The number of ketones is 1. The van der Waals surface area contributed by atoms with Gasteiger partial charge in [0.15, 0.2) is 0 Å². The Bertz CT molecular complexity index is 1190. The molecule has 0 spiro atoms. The standard InChI is InChI=1S/C26H27Cl2N3O6/c1-15(32)6-11-21(33)31-26(12-3-13-26)25(37)30-20(24(35)36)14-16-7-9-17(10-8-16)29-23(34)22-18(27)4-2-5-19(22)28/h2,4-5,7-10,20H,3,6,11-14H2,1H3,(H,29,34)(H,30,37)(H,31,33)(H,35,36). The van der Waals surface area contributed by atoms with E-state index in [2.05, 4.69) is 16.0 Å². The highest BCUT2D eigenvalue weighted by Gasteiger charge is 2.46. The highest BCUT2D eigenvalue weighted by Crippen LogP contribution is 2.32. The molecule has 1 saturated carbocycles. The Morgan fingerprint density at radius 3 is 2.11 bits per heavy atom. The summed E-state index contributed by atoms with van der Waals surface area (Å²) in [6.45, 7) is 1.38. The van der Waals surface area contributed by atoms with Gasteiger partial charge in [-0.05, 0) is 56.0 Å². The average Bonchev–Trinajstić information content (AvgIpc) is 2.80. The summed E-state index contributed by atoms with van der Waals surface area (Å²) in [4.78, 5) is 60.7. The van der Waals surface area contributed by atoms with Crippen LogP contribution in [0.4, 0.5) is 5.69 Å². The number of benzene rings is 2. The number of hydrogen-bond donors (Lipinski definition) is 4. The number of carboxylic acid groups (broad SMARTS) is 1. The van der Waals surface area contributed by atoms with E-state index in [1.807, 2.05) is 0 Å². The third kappa shape index (κ3) is 7.30. The molecule has 1 aliphatic rings. The Kier molecular flexibility index (Phi) is 9.29. The van der Waals surface area contributed by atoms with Gasteiger partial charge in [0.25, 0.3) is 5.91 Å². The summed E-state index contributed by atoms with van der Waals surface area (Å²) in [6, 6.07) is 9.96. The minimum absolute atomic E-state index is 0.0139. The smallest absolute Gasteiger partial charge is 0.326 e. The van der Waals surface area contributed by atoms with Crippen molar-refractivity contribution in [1.29, 1.82) is 0 Å². The fourth-order valence-electron chi connectivity index (χ4n) is 3.92. The number of amides is 3. The van der Waals surface area contributed by atoms with Gasteiger partial charge in [-0.3, -0.25) is 14.4 Å². The molecule has 9 nitrogen and oxygen atoms in total. The first kappa shape index (κ1) is 28.1. The van der Waals surface area contributed by atoms with E-state index in [1.54, 1.807) is 42.5 Å². The molecule has 1 fully saturated rings. The summed E-state index contributed by atoms with van der Waals surface area (Å²) in [5.41, 5.74) is 0.0224. The van der Waals surface area contributed by atoms with E-state index in [-0.39, 0.29) is 40.7 Å². The van der Waals surface area contributed by atoms with Crippen molar-refractivity contribution in [3.05, 3.63) is 63.6 Å². The molecular weight excluding hydrogens is 521 g/mol. The molecule has 37 heavy (non-hydrogen) atoms. The second-order valence-electron chi connectivity index (χ2n) is 9.00. The molecule has 1 unspecified atom stereocenters. The second kappa shape index (κ2) is 12.2. The van der Waals surface area contributed by atoms with Crippen molar-refractivity contribution in [2.24, 2.45) is 0 Å². The zero-order valence-corrected chi connectivity index (χ0v) is 21.6. The molecule has 2 aromatic rings. The number of rotatable bonds is 11. The number of carboxylic acids is 1. The number of aliphatic carboxylic acids is 1. The SMILES string of the molecule is CC(=O)CCC(=O)NC1(C(=O)NC(Cc2ccc(NC(=O)c3c(Cl)cccc3Cl)cc2)C(=O)O)CCC1. The lowest BCUT2D eigenvalue weighted by atomic mass is 9.75. The van der Waals surface area contributed by atoms with Crippen LogP contribution in [0, 0.1) is 0 Å². The van der Waals surface area contributed by atoms with Crippen LogP contribution in [0.25, 0.3) is 0 Å². The maximum atomic E-state index is 13.0. The largest absolute Gasteiger partial charge is 0.480 e. The predicted molar refractivity (Wildman–Crippen MR) is 139 cm³/mol. The molecule has 196 valence electrons. The van der Waals surface area contributed by atoms with Crippen LogP contribution in [0.15, 0.2) is 42.5 Å². The number of anilines is 1. The van der Waals surface area contributed by atoms with E-state index in [0.717, 1.165) is 0 Å². The van der Waals surface area contributed by atoms with Crippen LogP contribution in [-0.4, -0.2) is 46.2 Å². The summed E-state index contributed by atoms with van der Waals surface area (Å²) < 4.78 is 0. The minimum Gasteiger partial charge on any atom is -0.480 e. The van der Waals surface area contributed by atoms with Gasteiger partial charge in [-0.25, -0.2) is 4.79 Å². The highest BCUT2D eigenvalue weighted by atomic mass is 35.5. The quantitative estimate of drug-likeness (QED) is 0.337. The van der Waals surface area contributed by atoms with Gasteiger partial charge in [0, 0.05) is 24.9 Å². The van der Waals surface area contributed by atoms with Crippen LogP contribution in [0.2, 0.25) is 10.0 Å². The maximum Gasteiger partial charge on any atom is 0.326 e. The number of nitrogens with one attached hydrogen (secondary N) is 3. The Balaban J connectivity index is 1.62. The molecule has 0 aromatic heterocycles. The number of carbonyl (C=O) groups is 5. The number of hydrogen-bond acceptors (Lipinski definition) is 5. The van der Waals surface area contributed by atoms with Gasteiger partial charge in [-0.2, -0.15) is 0 Å². The van der Waals surface area contributed by atoms with Gasteiger partial charge >= 0.3 is 5.97 Å². The van der Waals surface area contributed by atoms with E-state index in [0.29, 0.717) is 30.5 Å². The van der Waals surface area contributed by atoms with Gasteiger partial charge in [0.2, 0.25) is 11.8 Å². The zero-order valence-electron chi connectivity index (χ0n) is 20.1. The zero-order chi connectivity index (χ0) is 27.2. The van der Waals surface area contributed by atoms with E-state index < -0.39 is 35.3 Å². The first-order valence-corrected chi connectivity index (χ1v) is 12.4. The van der Waals surface area contributed by atoms with E-state index in [9.17, 15) is 29.1 Å². The Hall–Kier alpha value is -3.43. The predicted octanol–water partition coefficient (Wildman–Crippen LogP) is 3.77. The summed E-state index contributed by atoms with van der Waals surface area (Å²) in [6.07, 6.45) is 1.52. The van der Waals surface area contributed by atoms with E-state index in [1.165, 1.54) is 6.92 Å². The van der Waals surface area contributed by atoms with Crippen LogP contribution in [0.5, 0.6) is 0 Å². The molecule has 0 heterocycles. The molecule has 1 aliphatic carbocycles. The van der Waals surface area contributed by atoms with Crippen molar-refractivity contribution >= 4 is 58.4 Å². The van der Waals surface area contributed by atoms with E-state index >= 15 is 0 Å². The maximum absolute atomic E-state index is 13.0. The van der Waals surface area contributed by atoms with Crippen molar-refractivity contribution in [2.45, 2.75) is 57.0 Å². The van der Waals surface area contributed by atoms with Crippen LogP contribution in [0.1, 0.15) is 54.9 Å². The number of halogens is 2. The molecule has 1 atom stereocenters. The number of carbonyl (C=O) groups excluding carboxylic acids is 4. The van der Waals surface area contributed by atoms with Crippen LogP contribution >= 0.6 is 23.2 Å². The minimum atomic E-state index is -1.23. The summed E-state index contributed by atoms with van der Waals surface area (Å²) in [7, 11) is 0. The lowest BCUT2D eigenvalue weighted by molar-refractivity contribution is -0.145. The molecule has 0 radical (unpaired) electrons. The average molecular weight is 548 g/mol. The molecule has 2 aromatic carbocycles. The number of Topliss-reactive ketones (excluding diaryl/α,β-unsaturated/α-hetero) is 1. The third-order valence-corrected chi connectivity index (χ3v) is 6.80. The summed E-state index contributed by atoms with van der Waals surface area (Å²) in [5, 5.41) is 18.0. The van der Waals surface area contributed by atoms with Crippen LogP contribution < -0.4 is 16.0 Å². The van der Waals surface area contributed by atoms with Crippen molar-refractivity contribution in [3.8, 4) is 0 Å². The Morgan fingerprint density at radius 2 is 1.59 bits per heavy atom. The lowest BCUT2D eigenvalue weighted by Crippen LogP contribution is -2.64. The first-order valence-electron chi connectivity index (χ1n) is 11.7. The molecule has 3 rings (SSSR count). The van der Waals surface area contributed by atoms with Gasteiger partial charge in [0.05, 0.1) is 15.6 Å². The summed E-state index contributed by atoms with van der Waals surface area (Å²) >= 11 is 12.1. The topological polar surface area (TPSA) is 142 Å². The van der Waals surface area contributed by atoms with Crippen molar-refractivity contribution in [1.82, 2.24) is 10.6 Å². The Labute approximate surface area is 223 Å². The molecule has 3 amide bonds. The van der Waals surface area contributed by atoms with E-state index in [4.69, 9.17) is 23.2 Å². The van der Waals surface area contributed by atoms with Gasteiger partial charge in [0.1, 0.15) is 17.4 Å².